The second-order valence-electron chi connectivity index (χ2n) is 5.35. The normalized spacial score (nSPS) is 22.9. The van der Waals surface area contributed by atoms with Gasteiger partial charge in [0.2, 0.25) is 0 Å². The van der Waals surface area contributed by atoms with Gasteiger partial charge in [-0.2, -0.15) is 0 Å². The van der Waals surface area contributed by atoms with Crippen LogP contribution < -0.4 is 4.74 Å². The van der Waals surface area contributed by atoms with Crippen molar-refractivity contribution in [3.8, 4) is 5.75 Å². The van der Waals surface area contributed by atoms with E-state index in [4.69, 9.17) is 14.6 Å². The average Bonchev–Trinajstić information content (AvgIpc) is 2.80. The monoisotopic (exact) mass is 279 g/mol. The molecule has 0 aromatic heterocycles. The fourth-order valence-electron chi connectivity index (χ4n) is 2.52. The van der Waals surface area contributed by atoms with Crippen LogP contribution in [0.15, 0.2) is 24.3 Å². The zero-order valence-corrected chi connectivity index (χ0v) is 12.0. The maximum Gasteiger partial charge on any atom is 0.317 e. The van der Waals surface area contributed by atoms with E-state index in [1.165, 1.54) is 0 Å². The molecule has 0 aliphatic carbocycles. The number of rotatable bonds is 6. The average molecular weight is 279 g/mol. The molecule has 1 aromatic carbocycles. The predicted molar refractivity (Wildman–Crippen MR) is 75.1 cm³/mol. The van der Waals surface area contributed by atoms with E-state index in [0.717, 1.165) is 24.3 Å². The van der Waals surface area contributed by atoms with Gasteiger partial charge in [0.25, 0.3) is 0 Å². The van der Waals surface area contributed by atoms with Gasteiger partial charge in [-0.1, -0.05) is 12.1 Å². The molecule has 5 heteroatoms. The summed E-state index contributed by atoms with van der Waals surface area (Å²) in [7, 11) is 1.66. The summed E-state index contributed by atoms with van der Waals surface area (Å²) in [5.74, 6) is 0.00890. The zero-order chi connectivity index (χ0) is 14.6. The first kappa shape index (κ1) is 14.8. The number of nitrogens with zero attached hydrogens (tertiary/aromatic N) is 1. The molecule has 0 saturated carbocycles. The molecular weight excluding hydrogens is 258 g/mol. The van der Waals surface area contributed by atoms with Gasteiger partial charge in [-0.05, 0) is 31.0 Å². The molecule has 0 bridgehead atoms. The van der Waals surface area contributed by atoms with Gasteiger partial charge in [0.15, 0.2) is 0 Å². The molecule has 0 radical (unpaired) electrons. The number of carbonyl (C=O) groups is 1. The van der Waals surface area contributed by atoms with Crippen LogP contribution in [-0.4, -0.2) is 54.9 Å². The van der Waals surface area contributed by atoms with Crippen molar-refractivity contribution in [3.63, 3.8) is 0 Å². The van der Waals surface area contributed by atoms with E-state index in [0.29, 0.717) is 13.2 Å². The Morgan fingerprint density at radius 3 is 2.95 bits per heavy atom. The Morgan fingerprint density at radius 2 is 2.30 bits per heavy atom. The summed E-state index contributed by atoms with van der Waals surface area (Å²) in [6.07, 6.45) is 0.780. The lowest BCUT2D eigenvalue weighted by Crippen LogP contribution is -2.42. The molecule has 110 valence electrons. The van der Waals surface area contributed by atoms with Crippen LogP contribution in [0.3, 0.4) is 0 Å². The Labute approximate surface area is 119 Å². The van der Waals surface area contributed by atoms with Crippen LogP contribution in [0.5, 0.6) is 5.75 Å². The first-order valence-electron chi connectivity index (χ1n) is 6.72. The Bertz CT molecular complexity index is 477. The van der Waals surface area contributed by atoms with Crippen LogP contribution in [-0.2, 0) is 9.53 Å². The van der Waals surface area contributed by atoms with Gasteiger partial charge in [-0.3, -0.25) is 9.69 Å². The van der Waals surface area contributed by atoms with Gasteiger partial charge < -0.3 is 14.6 Å². The molecule has 0 spiro atoms. The summed E-state index contributed by atoms with van der Waals surface area (Å²) in [5.41, 5.74) is 0.729. The van der Waals surface area contributed by atoms with E-state index in [9.17, 15) is 4.79 Å². The largest absolute Gasteiger partial charge is 0.491 e. The third-order valence-corrected chi connectivity index (χ3v) is 3.68. The van der Waals surface area contributed by atoms with Crippen LogP contribution in [0.25, 0.3) is 0 Å². The summed E-state index contributed by atoms with van der Waals surface area (Å²) < 4.78 is 11.4. The molecule has 2 rings (SSSR count). The predicted octanol–water partition coefficient (Wildman–Crippen LogP) is 1.55. The van der Waals surface area contributed by atoms with Crippen LogP contribution in [0, 0.1) is 6.92 Å². The lowest BCUT2D eigenvalue weighted by atomic mass is 10.0. The molecule has 5 nitrogen and oxygen atoms in total. The summed E-state index contributed by atoms with van der Waals surface area (Å²) in [6.45, 7) is 3.81. The highest BCUT2D eigenvalue weighted by Crippen LogP contribution is 2.26. The minimum absolute atomic E-state index is 0.0511. The van der Waals surface area contributed by atoms with Crippen LogP contribution in [0.2, 0.25) is 0 Å². The van der Waals surface area contributed by atoms with Gasteiger partial charge in [-0.25, -0.2) is 0 Å². The molecule has 0 amide bonds. The Morgan fingerprint density at radius 1 is 1.50 bits per heavy atom. The van der Waals surface area contributed by atoms with Crippen molar-refractivity contribution in [2.24, 2.45) is 0 Å². The number of carboxylic acids is 1. The first-order chi connectivity index (χ1) is 9.53. The van der Waals surface area contributed by atoms with Crippen molar-refractivity contribution in [2.45, 2.75) is 18.9 Å². The number of hydrogen-bond donors (Lipinski definition) is 1. The molecule has 1 aliphatic heterocycles. The second-order valence-corrected chi connectivity index (χ2v) is 5.35. The van der Waals surface area contributed by atoms with Crippen LogP contribution in [0.1, 0.15) is 12.0 Å². The molecule has 1 atom stereocenters. The van der Waals surface area contributed by atoms with E-state index in [1.54, 1.807) is 7.11 Å². The SMILES string of the molecule is COC1(COc2cccc(C)c2)CCN(CC(=O)O)C1. The summed E-state index contributed by atoms with van der Waals surface area (Å²) in [5, 5.41) is 8.84. The number of carboxylic acid groups (broad SMARTS) is 1. The fourth-order valence-corrected chi connectivity index (χ4v) is 2.52. The van der Waals surface area contributed by atoms with Crippen molar-refractivity contribution in [2.75, 3.05) is 33.4 Å². The topological polar surface area (TPSA) is 59.0 Å². The van der Waals surface area contributed by atoms with Crippen LogP contribution >= 0.6 is 0 Å². The molecule has 1 heterocycles. The van der Waals surface area contributed by atoms with Crippen molar-refractivity contribution < 1.29 is 19.4 Å². The minimum Gasteiger partial charge on any atom is -0.491 e. The van der Waals surface area contributed by atoms with Gasteiger partial charge >= 0.3 is 5.97 Å². The number of aryl methyl sites for hydroxylation is 1. The van der Waals surface area contributed by atoms with Crippen LogP contribution in [0.4, 0.5) is 0 Å². The molecule has 1 aliphatic rings. The maximum atomic E-state index is 10.8. The second kappa shape index (κ2) is 6.24. The number of hydrogen-bond acceptors (Lipinski definition) is 4. The highest BCUT2D eigenvalue weighted by atomic mass is 16.5. The standard InChI is InChI=1S/C15H21NO4/c1-12-4-3-5-13(8-12)20-11-15(19-2)6-7-16(10-15)9-14(17)18/h3-5,8H,6-7,9-11H2,1-2H3,(H,17,18). The Hall–Kier alpha value is -1.59. The number of methoxy groups -OCH3 is 1. The van der Waals surface area contributed by atoms with Crippen molar-refractivity contribution >= 4 is 5.97 Å². The van der Waals surface area contributed by atoms with Crippen molar-refractivity contribution in [3.05, 3.63) is 29.8 Å². The smallest absolute Gasteiger partial charge is 0.317 e. The minimum atomic E-state index is -0.809. The highest BCUT2D eigenvalue weighted by Gasteiger charge is 2.39. The molecule has 20 heavy (non-hydrogen) atoms. The Balaban J connectivity index is 1.94. The van der Waals surface area contributed by atoms with Gasteiger partial charge in [0.1, 0.15) is 18.0 Å². The quantitative estimate of drug-likeness (QED) is 0.856. The molecule has 1 N–H and O–H groups in total. The molecule has 1 unspecified atom stereocenters. The third kappa shape index (κ3) is 3.71. The van der Waals surface area contributed by atoms with Gasteiger partial charge in [0.05, 0.1) is 6.54 Å². The highest BCUT2D eigenvalue weighted by molar-refractivity contribution is 5.69. The number of likely N-dealkylation sites (tertiary alicyclic amines) is 1. The maximum absolute atomic E-state index is 10.8. The summed E-state index contributed by atoms with van der Waals surface area (Å²) in [6, 6.07) is 7.87. The Kier molecular flexibility index (Phi) is 4.62. The van der Waals surface area contributed by atoms with Gasteiger partial charge in [0, 0.05) is 20.2 Å². The molecule has 1 fully saturated rings. The number of ether oxygens (including phenoxy) is 2. The lowest BCUT2D eigenvalue weighted by Gasteiger charge is -2.27. The number of aliphatic carboxylic acids is 1. The van der Waals surface area contributed by atoms with E-state index >= 15 is 0 Å². The summed E-state index contributed by atoms with van der Waals surface area (Å²) in [4.78, 5) is 12.6. The third-order valence-electron chi connectivity index (χ3n) is 3.68. The van der Waals surface area contributed by atoms with Crippen molar-refractivity contribution in [1.29, 1.82) is 0 Å². The van der Waals surface area contributed by atoms with E-state index in [2.05, 4.69) is 0 Å². The van der Waals surface area contributed by atoms with E-state index in [-0.39, 0.29) is 6.54 Å². The van der Waals surface area contributed by atoms with E-state index < -0.39 is 11.6 Å². The van der Waals surface area contributed by atoms with Crippen molar-refractivity contribution in [1.82, 2.24) is 4.90 Å². The molecule has 1 aromatic rings. The lowest BCUT2D eigenvalue weighted by molar-refractivity contribution is -0.138. The first-order valence-corrected chi connectivity index (χ1v) is 6.72. The summed E-state index contributed by atoms with van der Waals surface area (Å²) >= 11 is 0. The fraction of sp³-hybridized carbons (Fsp3) is 0.533. The van der Waals surface area contributed by atoms with E-state index in [1.807, 2.05) is 36.1 Å². The number of benzene rings is 1. The zero-order valence-electron chi connectivity index (χ0n) is 12.0. The van der Waals surface area contributed by atoms with Gasteiger partial charge in [-0.15, -0.1) is 0 Å². The molecular formula is C15H21NO4. The molecule has 1 saturated heterocycles.